The van der Waals surface area contributed by atoms with Gasteiger partial charge in [0.2, 0.25) is 0 Å². The molecule has 0 fully saturated rings. The maximum atomic E-state index is 4.65. The van der Waals surface area contributed by atoms with Crippen LogP contribution in [-0.4, -0.2) is 44.1 Å². The van der Waals surface area contributed by atoms with Crippen LogP contribution < -0.4 is 10.6 Å². The molecule has 21 heavy (non-hydrogen) atoms. The molecular formula is C16H30N4S. The maximum absolute atomic E-state index is 4.65. The molecule has 0 amide bonds. The van der Waals surface area contributed by atoms with E-state index in [1.165, 1.54) is 12.0 Å². The molecule has 120 valence electrons. The van der Waals surface area contributed by atoms with Gasteiger partial charge in [-0.1, -0.05) is 13.8 Å². The molecule has 0 saturated heterocycles. The SMILES string of the molecule is CCNC(=NCc1ccsc1)NCC(CC(C)C)N(C)C. The van der Waals surface area contributed by atoms with Crippen LogP contribution in [-0.2, 0) is 6.54 Å². The number of likely N-dealkylation sites (N-methyl/N-ethyl adjacent to an activating group) is 1. The van der Waals surface area contributed by atoms with Crippen molar-refractivity contribution in [1.82, 2.24) is 15.5 Å². The molecule has 0 bridgehead atoms. The summed E-state index contributed by atoms with van der Waals surface area (Å²) in [6.07, 6.45) is 1.18. The van der Waals surface area contributed by atoms with Crippen molar-refractivity contribution in [3.8, 4) is 0 Å². The van der Waals surface area contributed by atoms with E-state index in [2.05, 4.69) is 72.2 Å². The van der Waals surface area contributed by atoms with E-state index in [-0.39, 0.29) is 0 Å². The Labute approximate surface area is 133 Å². The Morgan fingerprint density at radius 1 is 1.33 bits per heavy atom. The van der Waals surface area contributed by atoms with Crippen LogP contribution in [0.5, 0.6) is 0 Å². The summed E-state index contributed by atoms with van der Waals surface area (Å²) in [7, 11) is 4.29. The fourth-order valence-electron chi connectivity index (χ4n) is 2.13. The van der Waals surface area contributed by atoms with Crippen LogP contribution >= 0.6 is 11.3 Å². The molecule has 1 aromatic heterocycles. The molecule has 0 aliphatic heterocycles. The van der Waals surface area contributed by atoms with E-state index in [0.29, 0.717) is 12.0 Å². The van der Waals surface area contributed by atoms with Gasteiger partial charge in [-0.2, -0.15) is 11.3 Å². The van der Waals surface area contributed by atoms with Crippen molar-refractivity contribution in [3.63, 3.8) is 0 Å². The van der Waals surface area contributed by atoms with Crippen LogP contribution in [0, 0.1) is 5.92 Å². The topological polar surface area (TPSA) is 39.7 Å². The molecule has 0 saturated carbocycles. The van der Waals surface area contributed by atoms with Crippen molar-refractivity contribution >= 4 is 17.3 Å². The standard InChI is InChI=1S/C16H30N4S/c1-6-17-16(18-10-14-7-8-21-12-14)19-11-15(20(4)5)9-13(2)3/h7-8,12-13,15H,6,9-11H2,1-5H3,(H2,17,18,19). The minimum Gasteiger partial charge on any atom is -0.357 e. The number of hydrogen-bond acceptors (Lipinski definition) is 3. The molecular weight excluding hydrogens is 280 g/mol. The summed E-state index contributed by atoms with van der Waals surface area (Å²) in [5.74, 6) is 1.60. The molecule has 1 heterocycles. The summed E-state index contributed by atoms with van der Waals surface area (Å²) in [6.45, 7) is 9.17. The van der Waals surface area contributed by atoms with Gasteiger partial charge in [0, 0.05) is 19.1 Å². The lowest BCUT2D eigenvalue weighted by Gasteiger charge is -2.27. The quantitative estimate of drug-likeness (QED) is 0.573. The fourth-order valence-corrected chi connectivity index (χ4v) is 2.79. The van der Waals surface area contributed by atoms with Crippen LogP contribution in [0.4, 0.5) is 0 Å². The van der Waals surface area contributed by atoms with Gasteiger partial charge >= 0.3 is 0 Å². The average Bonchev–Trinajstić information content (AvgIpc) is 2.92. The van der Waals surface area contributed by atoms with Crippen molar-refractivity contribution in [3.05, 3.63) is 22.4 Å². The highest BCUT2D eigenvalue weighted by molar-refractivity contribution is 7.07. The predicted molar refractivity (Wildman–Crippen MR) is 94.1 cm³/mol. The zero-order valence-electron chi connectivity index (χ0n) is 14.0. The Bertz CT molecular complexity index is 398. The Balaban J connectivity index is 2.54. The highest BCUT2D eigenvalue weighted by Crippen LogP contribution is 2.09. The van der Waals surface area contributed by atoms with E-state index in [4.69, 9.17) is 0 Å². The van der Waals surface area contributed by atoms with Crippen LogP contribution in [0.2, 0.25) is 0 Å². The zero-order valence-corrected chi connectivity index (χ0v) is 14.8. The summed E-state index contributed by atoms with van der Waals surface area (Å²) in [5, 5.41) is 11.0. The Morgan fingerprint density at radius 3 is 2.62 bits per heavy atom. The van der Waals surface area contributed by atoms with Crippen molar-refractivity contribution in [2.24, 2.45) is 10.9 Å². The Hall–Kier alpha value is -1.07. The lowest BCUT2D eigenvalue weighted by Crippen LogP contribution is -2.45. The second-order valence-electron chi connectivity index (χ2n) is 5.95. The second kappa shape index (κ2) is 9.79. The molecule has 1 atom stereocenters. The van der Waals surface area contributed by atoms with Crippen molar-refractivity contribution in [2.45, 2.75) is 39.8 Å². The van der Waals surface area contributed by atoms with Gasteiger partial charge in [0.1, 0.15) is 0 Å². The van der Waals surface area contributed by atoms with Crippen molar-refractivity contribution in [1.29, 1.82) is 0 Å². The number of aliphatic imine (C=N–C) groups is 1. The van der Waals surface area contributed by atoms with Crippen LogP contribution in [0.1, 0.15) is 32.8 Å². The highest BCUT2D eigenvalue weighted by atomic mass is 32.1. The number of rotatable bonds is 8. The van der Waals surface area contributed by atoms with Crippen LogP contribution in [0.25, 0.3) is 0 Å². The first-order chi connectivity index (χ1) is 10.0. The van der Waals surface area contributed by atoms with Gasteiger partial charge in [0.05, 0.1) is 6.54 Å². The minimum absolute atomic E-state index is 0.523. The van der Waals surface area contributed by atoms with Crippen LogP contribution in [0.3, 0.4) is 0 Å². The first-order valence-electron chi connectivity index (χ1n) is 7.72. The van der Waals surface area contributed by atoms with Gasteiger partial charge in [0.25, 0.3) is 0 Å². The van der Waals surface area contributed by atoms with Gasteiger partial charge in [-0.25, -0.2) is 4.99 Å². The van der Waals surface area contributed by atoms with E-state index < -0.39 is 0 Å². The number of nitrogens with zero attached hydrogens (tertiary/aromatic N) is 2. The van der Waals surface area contributed by atoms with E-state index in [0.717, 1.165) is 25.6 Å². The summed E-state index contributed by atoms with van der Waals surface area (Å²) < 4.78 is 0. The lowest BCUT2D eigenvalue weighted by atomic mass is 10.0. The molecule has 0 spiro atoms. The molecule has 0 aliphatic carbocycles. The maximum Gasteiger partial charge on any atom is 0.191 e. The third kappa shape index (κ3) is 7.48. The molecule has 0 radical (unpaired) electrons. The molecule has 0 aromatic carbocycles. The third-order valence-electron chi connectivity index (χ3n) is 3.32. The Kier molecular flexibility index (Phi) is 8.38. The van der Waals surface area contributed by atoms with Gasteiger partial charge in [0.15, 0.2) is 5.96 Å². The van der Waals surface area contributed by atoms with Gasteiger partial charge in [-0.3, -0.25) is 0 Å². The van der Waals surface area contributed by atoms with Gasteiger partial charge < -0.3 is 15.5 Å². The van der Waals surface area contributed by atoms with E-state index in [1.54, 1.807) is 11.3 Å². The van der Waals surface area contributed by atoms with Gasteiger partial charge in [-0.05, 0) is 55.7 Å². The number of nitrogens with one attached hydrogen (secondary N) is 2. The predicted octanol–water partition coefficient (Wildman–Crippen LogP) is 2.78. The number of hydrogen-bond donors (Lipinski definition) is 2. The van der Waals surface area contributed by atoms with E-state index >= 15 is 0 Å². The number of thiophene rings is 1. The van der Waals surface area contributed by atoms with E-state index in [9.17, 15) is 0 Å². The van der Waals surface area contributed by atoms with Crippen molar-refractivity contribution in [2.75, 3.05) is 27.2 Å². The zero-order chi connectivity index (χ0) is 15.7. The smallest absolute Gasteiger partial charge is 0.191 e. The van der Waals surface area contributed by atoms with Crippen LogP contribution in [0.15, 0.2) is 21.8 Å². The number of guanidine groups is 1. The van der Waals surface area contributed by atoms with E-state index in [1.807, 2.05) is 0 Å². The average molecular weight is 311 g/mol. The summed E-state index contributed by atoms with van der Waals surface area (Å²) in [6, 6.07) is 2.65. The molecule has 2 N–H and O–H groups in total. The molecule has 4 nitrogen and oxygen atoms in total. The third-order valence-corrected chi connectivity index (χ3v) is 4.06. The summed E-state index contributed by atoms with van der Waals surface area (Å²) >= 11 is 1.72. The minimum atomic E-state index is 0.523. The molecule has 0 aliphatic rings. The van der Waals surface area contributed by atoms with Gasteiger partial charge in [-0.15, -0.1) is 0 Å². The largest absolute Gasteiger partial charge is 0.357 e. The first-order valence-corrected chi connectivity index (χ1v) is 8.66. The monoisotopic (exact) mass is 310 g/mol. The normalized spacial score (nSPS) is 13.8. The Morgan fingerprint density at radius 2 is 2.10 bits per heavy atom. The fraction of sp³-hybridized carbons (Fsp3) is 0.688. The summed E-state index contributed by atoms with van der Waals surface area (Å²) in [5.41, 5.74) is 1.27. The van der Waals surface area contributed by atoms with Crippen molar-refractivity contribution < 1.29 is 0 Å². The molecule has 1 unspecified atom stereocenters. The molecule has 1 aromatic rings. The lowest BCUT2D eigenvalue weighted by molar-refractivity contribution is 0.254. The first kappa shape index (κ1) is 18.0. The molecule has 5 heteroatoms. The molecule has 1 rings (SSSR count). The summed E-state index contributed by atoms with van der Waals surface area (Å²) in [4.78, 5) is 6.94. The second-order valence-corrected chi connectivity index (χ2v) is 6.73. The highest BCUT2D eigenvalue weighted by Gasteiger charge is 2.13.